The minimum Gasteiger partial charge on any atom is -0.462 e. The Morgan fingerprint density at radius 1 is 0.931 bits per heavy atom. The molecular weight excluding hydrogens is 394 g/mol. The van der Waals surface area contributed by atoms with E-state index in [4.69, 9.17) is 9.47 Å². The van der Waals surface area contributed by atoms with Crippen molar-refractivity contribution in [2.45, 2.75) is 38.5 Å². The predicted octanol–water partition coefficient (Wildman–Crippen LogP) is 3.96. The summed E-state index contributed by atoms with van der Waals surface area (Å²) in [6.45, 7) is 7.62. The van der Waals surface area contributed by atoms with E-state index in [2.05, 4.69) is 4.72 Å². The van der Waals surface area contributed by atoms with E-state index < -0.39 is 22.0 Å². The van der Waals surface area contributed by atoms with Crippen LogP contribution in [0.1, 0.15) is 59.9 Å². The molecule has 29 heavy (non-hydrogen) atoms. The molecule has 0 atom stereocenters. The van der Waals surface area contributed by atoms with Gasteiger partial charge in [0.15, 0.2) is 0 Å². The van der Waals surface area contributed by atoms with Gasteiger partial charge in [-0.3, -0.25) is 4.72 Å². The normalized spacial score (nSPS) is 11.2. The Hall–Kier alpha value is -2.87. The van der Waals surface area contributed by atoms with Crippen LogP contribution in [0.3, 0.4) is 0 Å². The Labute approximate surface area is 171 Å². The smallest absolute Gasteiger partial charge is 0.340 e. The molecule has 2 aromatic rings. The molecule has 0 bridgehead atoms. The summed E-state index contributed by atoms with van der Waals surface area (Å²) >= 11 is 0. The lowest BCUT2D eigenvalue weighted by Gasteiger charge is -2.14. The topological polar surface area (TPSA) is 98.8 Å². The van der Waals surface area contributed by atoms with Crippen LogP contribution < -0.4 is 4.72 Å². The number of benzene rings is 2. The van der Waals surface area contributed by atoms with Gasteiger partial charge in [-0.2, -0.15) is 0 Å². The van der Waals surface area contributed by atoms with E-state index in [1.165, 1.54) is 30.3 Å². The number of rotatable bonds is 8. The molecule has 0 saturated carbocycles. The SMILES string of the molecule is CCOC(=O)c1ccc(C(=O)OCC)c(NS(=O)(=O)c2ccc(C(C)C)cc2)c1. The highest BCUT2D eigenvalue weighted by atomic mass is 32.2. The van der Waals surface area contributed by atoms with E-state index in [1.807, 2.05) is 13.8 Å². The van der Waals surface area contributed by atoms with Gasteiger partial charge in [-0.15, -0.1) is 0 Å². The molecule has 0 amide bonds. The molecule has 2 rings (SSSR count). The van der Waals surface area contributed by atoms with Gasteiger partial charge in [-0.05, 0) is 55.7 Å². The predicted molar refractivity (Wildman–Crippen MR) is 110 cm³/mol. The van der Waals surface area contributed by atoms with Crippen molar-refractivity contribution in [3.05, 3.63) is 59.2 Å². The summed E-state index contributed by atoms with van der Waals surface area (Å²) < 4.78 is 38.0. The average molecular weight is 419 g/mol. The second kappa shape index (κ2) is 9.56. The number of carbonyl (C=O) groups excluding carboxylic acids is 2. The molecule has 0 aliphatic carbocycles. The Bertz CT molecular complexity index is 981. The standard InChI is InChI=1S/C21H25NO6S/c1-5-27-20(23)16-9-12-18(21(24)28-6-2)19(13-16)22-29(25,26)17-10-7-15(8-11-17)14(3)4/h7-14,22H,5-6H2,1-4H3. The van der Waals surface area contributed by atoms with Crippen molar-refractivity contribution in [1.29, 1.82) is 0 Å². The molecule has 0 heterocycles. The molecule has 0 unspecified atom stereocenters. The minimum atomic E-state index is -3.99. The zero-order chi connectivity index (χ0) is 21.6. The van der Waals surface area contributed by atoms with Crippen LogP contribution in [0.2, 0.25) is 0 Å². The molecule has 7 nitrogen and oxygen atoms in total. The first-order valence-corrected chi connectivity index (χ1v) is 10.8. The summed E-state index contributed by atoms with van der Waals surface area (Å²) in [5, 5.41) is 0. The molecule has 1 N–H and O–H groups in total. The van der Waals surface area contributed by atoms with Crippen molar-refractivity contribution >= 4 is 27.6 Å². The lowest BCUT2D eigenvalue weighted by Crippen LogP contribution is -2.17. The van der Waals surface area contributed by atoms with E-state index >= 15 is 0 Å². The highest BCUT2D eigenvalue weighted by molar-refractivity contribution is 7.92. The maximum atomic E-state index is 12.8. The first-order chi connectivity index (χ1) is 13.7. The number of carbonyl (C=O) groups is 2. The van der Waals surface area contributed by atoms with Gasteiger partial charge in [0.25, 0.3) is 10.0 Å². The van der Waals surface area contributed by atoms with E-state index in [1.54, 1.807) is 26.0 Å². The van der Waals surface area contributed by atoms with Gasteiger partial charge in [-0.1, -0.05) is 26.0 Å². The molecular formula is C21H25NO6S. The van der Waals surface area contributed by atoms with Crippen molar-refractivity contribution in [2.24, 2.45) is 0 Å². The summed E-state index contributed by atoms with van der Waals surface area (Å²) in [7, 11) is -3.99. The lowest BCUT2D eigenvalue weighted by atomic mass is 10.0. The average Bonchev–Trinajstić information content (AvgIpc) is 2.68. The number of nitrogens with one attached hydrogen (secondary N) is 1. The van der Waals surface area contributed by atoms with Crippen LogP contribution in [-0.2, 0) is 19.5 Å². The third kappa shape index (κ3) is 5.57. The fraction of sp³-hybridized carbons (Fsp3) is 0.333. The molecule has 0 aliphatic heterocycles. The number of sulfonamides is 1. The van der Waals surface area contributed by atoms with E-state index in [0.29, 0.717) is 0 Å². The Balaban J connectivity index is 2.44. The molecule has 0 fully saturated rings. The maximum Gasteiger partial charge on any atom is 0.340 e. The summed E-state index contributed by atoms with van der Waals surface area (Å²) in [6.07, 6.45) is 0. The van der Waals surface area contributed by atoms with Gasteiger partial charge in [0.1, 0.15) is 0 Å². The van der Waals surface area contributed by atoms with Crippen LogP contribution in [-0.4, -0.2) is 33.6 Å². The third-order valence-corrected chi connectivity index (χ3v) is 5.51. The minimum absolute atomic E-state index is 0.00211. The molecule has 0 radical (unpaired) electrons. The molecule has 156 valence electrons. The molecule has 0 aliphatic rings. The fourth-order valence-electron chi connectivity index (χ4n) is 2.59. The first kappa shape index (κ1) is 22.4. The summed E-state index contributed by atoms with van der Waals surface area (Å²) in [4.78, 5) is 24.3. The van der Waals surface area contributed by atoms with Crippen LogP contribution in [0.25, 0.3) is 0 Å². The van der Waals surface area contributed by atoms with Crippen LogP contribution in [0, 0.1) is 0 Å². The molecule has 2 aromatic carbocycles. The Morgan fingerprint density at radius 2 is 1.52 bits per heavy atom. The van der Waals surface area contributed by atoms with Gasteiger partial charge in [0.05, 0.1) is 34.9 Å². The second-order valence-electron chi connectivity index (χ2n) is 6.53. The van der Waals surface area contributed by atoms with Crippen LogP contribution in [0.15, 0.2) is 47.4 Å². The van der Waals surface area contributed by atoms with Crippen molar-refractivity contribution in [2.75, 3.05) is 17.9 Å². The first-order valence-electron chi connectivity index (χ1n) is 9.30. The zero-order valence-corrected chi connectivity index (χ0v) is 17.7. The quantitative estimate of drug-likeness (QED) is 0.650. The number of hydrogen-bond donors (Lipinski definition) is 1. The lowest BCUT2D eigenvalue weighted by molar-refractivity contribution is 0.0512. The summed E-state index contributed by atoms with van der Waals surface area (Å²) in [5.74, 6) is -1.06. The number of ether oxygens (including phenoxy) is 2. The van der Waals surface area contributed by atoms with Crippen molar-refractivity contribution in [3.8, 4) is 0 Å². The molecule has 0 spiro atoms. The van der Waals surface area contributed by atoms with Gasteiger partial charge in [0.2, 0.25) is 0 Å². The molecule has 0 aromatic heterocycles. The molecule has 8 heteroatoms. The van der Waals surface area contributed by atoms with Crippen molar-refractivity contribution in [3.63, 3.8) is 0 Å². The van der Waals surface area contributed by atoms with Crippen LogP contribution in [0.5, 0.6) is 0 Å². The van der Waals surface area contributed by atoms with E-state index in [-0.39, 0.29) is 40.8 Å². The van der Waals surface area contributed by atoms with Crippen LogP contribution >= 0.6 is 0 Å². The Kier molecular flexibility index (Phi) is 7.39. The number of anilines is 1. The molecule has 0 saturated heterocycles. The summed E-state index contributed by atoms with van der Waals surface area (Å²) in [6, 6.07) is 10.5. The highest BCUT2D eigenvalue weighted by Gasteiger charge is 2.22. The van der Waals surface area contributed by atoms with E-state index in [9.17, 15) is 18.0 Å². The zero-order valence-electron chi connectivity index (χ0n) is 16.9. The number of esters is 2. The second-order valence-corrected chi connectivity index (χ2v) is 8.21. The van der Waals surface area contributed by atoms with E-state index in [0.717, 1.165) is 5.56 Å². The highest BCUT2D eigenvalue weighted by Crippen LogP contribution is 2.24. The number of hydrogen-bond acceptors (Lipinski definition) is 6. The van der Waals surface area contributed by atoms with Crippen LogP contribution in [0.4, 0.5) is 5.69 Å². The van der Waals surface area contributed by atoms with Gasteiger partial charge in [0, 0.05) is 0 Å². The summed E-state index contributed by atoms with van der Waals surface area (Å²) in [5.41, 5.74) is 1.07. The monoisotopic (exact) mass is 419 g/mol. The van der Waals surface area contributed by atoms with Crippen molar-refractivity contribution in [1.82, 2.24) is 0 Å². The fourth-order valence-corrected chi connectivity index (χ4v) is 3.66. The van der Waals surface area contributed by atoms with Gasteiger partial charge in [-0.25, -0.2) is 18.0 Å². The third-order valence-electron chi connectivity index (χ3n) is 4.13. The largest absolute Gasteiger partial charge is 0.462 e. The van der Waals surface area contributed by atoms with Crippen molar-refractivity contribution < 1.29 is 27.5 Å². The van der Waals surface area contributed by atoms with Gasteiger partial charge < -0.3 is 9.47 Å². The Morgan fingerprint density at radius 3 is 2.07 bits per heavy atom. The van der Waals surface area contributed by atoms with Gasteiger partial charge >= 0.3 is 11.9 Å². The maximum absolute atomic E-state index is 12.8.